The summed E-state index contributed by atoms with van der Waals surface area (Å²) in [5.41, 5.74) is 2.94. The van der Waals surface area contributed by atoms with E-state index in [0.29, 0.717) is 28.3 Å². The summed E-state index contributed by atoms with van der Waals surface area (Å²) in [5, 5.41) is 14.0. The highest BCUT2D eigenvalue weighted by molar-refractivity contribution is 6.51. The number of aliphatic hydroxyl groups excluding tert-OH is 1. The van der Waals surface area contributed by atoms with Crippen LogP contribution in [0.3, 0.4) is 0 Å². The molecule has 4 rings (SSSR count). The van der Waals surface area contributed by atoms with Gasteiger partial charge in [-0.15, -0.1) is 0 Å². The maximum atomic E-state index is 13.3. The van der Waals surface area contributed by atoms with Crippen molar-refractivity contribution in [2.75, 3.05) is 10.2 Å². The molecule has 36 heavy (non-hydrogen) atoms. The Labute approximate surface area is 210 Å². The quantitative estimate of drug-likeness (QED) is 0.279. The number of hydrogen-bond donors (Lipinski definition) is 2. The van der Waals surface area contributed by atoms with E-state index in [4.69, 9.17) is 4.74 Å². The van der Waals surface area contributed by atoms with Gasteiger partial charge in [-0.1, -0.05) is 30.3 Å². The first-order valence-electron chi connectivity index (χ1n) is 11.7. The number of Topliss-reactive ketones (excluding diaryl/α,β-unsaturated/α-hetero) is 1. The molecule has 2 N–H and O–H groups in total. The lowest BCUT2D eigenvalue weighted by Crippen LogP contribution is -2.29. The lowest BCUT2D eigenvalue weighted by Gasteiger charge is -2.25. The van der Waals surface area contributed by atoms with Crippen molar-refractivity contribution in [3.8, 4) is 5.75 Å². The summed E-state index contributed by atoms with van der Waals surface area (Å²) in [6.45, 7) is 7.12. The maximum Gasteiger partial charge on any atom is 0.300 e. The number of hydrogen-bond acceptors (Lipinski definition) is 5. The summed E-state index contributed by atoms with van der Waals surface area (Å²) >= 11 is 0. The van der Waals surface area contributed by atoms with Crippen LogP contribution in [0.5, 0.6) is 5.75 Å². The summed E-state index contributed by atoms with van der Waals surface area (Å²) < 4.78 is 5.79. The molecule has 1 saturated heterocycles. The van der Waals surface area contributed by atoms with Crippen molar-refractivity contribution in [1.82, 2.24) is 0 Å². The van der Waals surface area contributed by atoms with Crippen molar-refractivity contribution < 1.29 is 24.2 Å². The van der Waals surface area contributed by atoms with Crippen LogP contribution in [0.4, 0.5) is 11.4 Å². The molecule has 0 spiro atoms. The van der Waals surface area contributed by atoms with Crippen LogP contribution in [0.15, 0.2) is 78.4 Å². The number of rotatable bonds is 6. The molecule has 2 amide bonds. The summed E-state index contributed by atoms with van der Waals surface area (Å²) in [5.74, 6) is -1.30. The first-order valence-corrected chi connectivity index (χ1v) is 11.7. The minimum Gasteiger partial charge on any atom is -0.507 e. The van der Waals surface area contributed by atoms with Gasteiger partial charge in [-0.3, -0.25) is 19.3 Å². The monoisotopic (exact) mass is 484 g/mol. The van der Waals surface area contributed by atoms with E-state index in [2.05, 4.69) is 5.32 Å². The van der Waals surface area contributed by atoms with E-state index in [1.165, 1.54) is 11.8 Å². The van der Waals surface area contributed by atoms with Crippen molar-refractivity contribution in [3.63, 3.8) is 0 Å². The molecule has 7 heteroatoms. The molecule has 0 aromatic heterocycles. The highest BCUT2D eigenvalue weighted by Gasteiger charge is 2.46. The van der Waals surface area contributed by atoms with Crippen molar-refractivity contribution in [1.29, 1.82) is 0 Å². The Morgan fingerprint density at radius 3 is 2.25 bits per heavy atom. The summed E-state index contributed by atoms with van der Waals surface area (Å²) in [6.07, 6.45) is -0.0106. The molecule has 1 atom stereocenters. The molecule has 7 nitrogen and oxygen atoms in total. The number of aliphatic hydroxyl groups is 1. The molecule has 0 aliphatic carbocycles. The molecule has 184 valence electrons. The van der Waals surface area contributed by atoms with Crippen LogP contribution in [0.25, 0.3) is 5.76 Å². The fraction of sp³-hybridized carbons (Fsp3) is 0.207. The van der Waals surface area contributed by atoms with Crippen LogP contribution in [0.1, 0.15) is 43.5 Å². The van der Waals surface area contributed by atoms with Gasteiger partial charge in [-0.25, -0.2) is 0 Å². The SMILES string of the molecule is CC(=O)Nc1ccc(N2C(=O)C(=O)/C(=C(\O)c3ccc(OC(C)C)c(C)c3)C2c2ccccc2)cc1. The third-order valence-electron chi connectivity index (χ3n) is 5.84. The fourth-order valence-corrected chi connectivity index (χ4v) is 4.30. The molecular formula is C29H28N2O5. The zero-order chi connectivity index (χ0) is 26.0. The number of carbonyl (C=O) groups excluding carboxylic acids is 3. The molecule has 1 heterocycles. The van der Waals surface area contributed by atoms with Crippen LogP contribution >= 0.6 is 0 Å². The van der Waals surface area contributed by atoms with Crippen LogP contribution in [0, 0.1) is 6.92 Å². The Balaban J connectivity index is 1.83. The molecule has 0 saturated carbocycles. The molecule has 1 unspecified atom stereocenters. The Morgan fingerprint density at radius 2 is 1.67 bits per heavy atom. The van der Waals surface area contributed by atoms with Gasteiger partial charge in [-0.2, -0.15) is 0 Å². The Bertz CT molecular complexity index is 1340. The first kappa shape index (κ1) is 24.7. The fourth-order valence-electron chi connectivity index (χ4n) is 4.30. The highest BCUT2D eigenvalue weighted by Crippen LogP contribution is 2.42. The zero-order valence-corrected chi connectivity index (χ0v) is 20.6. The number of amides is 2. The standard InChI is InChI=1S/C29H28N2O5/c1-17(2)36-24-15-10-21(16-18(24)3)27(33)25-26(20-8-6-5-7-9-20)31(29(35)28(25)34)23-13-11-22(12-14-23)30-19(4)32/h5-17,26,33H,1-4H3,(H,30,32)/b27-25-. The van der Waals surface area contributed by atoms with Gasteiger partial charge in [0.1, 0.15) is 11.5 Å². The number of ketones is 1. The van der Waals surface area contributed by atoms with Gasteiger partial charge in [0, 0.05) is 23.9 Å². The van der Waals surface area contributed by atoms with E-state index in [1.54, 1.807) is 42.5 Å². The number of nitrogens with one attached hydrogen (secondary N) is 1. The van der Waals surface area contributed by atoms with E-state index in [-0.39, 0.29) is 23.3 Å². The van der Waals surface area contributed by atoms with Crippen molar-refractivity contribution >= 4 is 34.7 Å². The normalized spacial score (nSPS) is 16.9. The molecule has 3 aromatic carbocycles. The molecule has 0 radical (unpaired) electrons. The largest absolute Gasteiger partial charge is 0.507 e. The van der Waals surface area contributed by atoms with Gasteiger partial charge < -0.3 is 15.2 Å². The number of nitrogens with zero attached hydrogens (tertiary/aromatic N) is 1. The van der Waals surface area contributed by atoms with Gasteiger partial charge in [0.25, 0.3) is 11.7 Å². The van der Waals surface area contributed by atoms with Gasteiger partial charge in [0.05, 0.1) is 17.7 Å². The molecule has 1 aliphatic heterocycles. The first-order chi connectivity index (χ1) is 17.2. The Kier molecular flexibility index (Phi) is 6.92. The van der Waals surface area contributed by atoms with E-state index in [1.807, 2.05) is 51.1 Å². The number of carbonyl (C=O) groups is 3. The number of ether oxygens (including phenoxy) is 1. The van der Waals surface area contributed by atoms with Gasteiger partial charge in [0.15, 0.2) is 0 Å². The number of aryl methyl sites for hydroxylation is 1. The maximum absolute atomic E-state index is 13.3. The van der Waals surface area contributed by atoms with Gasteiger partial charge in [-0.05, 0) is 74.4 Å². The lowest BCUT2D eigenvalue weighted by atomic mass is 9.94. The third kappa shape index (κ3) is 4.86. The molecule has 1 fully saturated rings. The smallest absolute Gasteiger partial charge is 0.300 e. The number of anilines is 2. The van der Waals surface area contributed by atoms with E-state index < -0.39 is 17.7 Å². The van der Waals surface area contributed by atoms with Crippen LogP contribution in [-0.2, 0) is 14.4 Å². The summed E-state index contributed by atoms with van der Waals surface area (Å²) in [7, 11) is 0. The average Bonchev–Trinajstić information content (AvgIpc) is 3.11. The molecular weight excluding hydrogens is 456 g/mol. The third-order valence-corrected chi connectivity index (χ3v) is 5.84. The minimum absolute atomic E-state index is 0.00839. The Hall–Kier alpha value is -4.39. The second-order valence-corrected chi connectivity index (χ2v) is 8.95. The van der Waals surface area contributed by atoms with E-state index in [0.717, 1.165) is 5.56 Å². The predicted molar refractivity (Wildman–Crippen MR) is 139 cm³/mol. The number of benzene rings is 3. The Morgan fingerprint density at radius 1 is 1.00 bits per heavy atom. The van der Waals surface area contributed by atoms with Crippen molar-refractivity contribution in [3.05, 3.63) is 95.1 Å². The lowest BCUT2D eigenvalue weighted by molar-refractivity contribution is -0.132. The molecule has 0 bridgehead atoms. The highest BCUT2D eigenvalue weighted by atomic mass is 16.5. The second-order valence-electron chi connectivity index (χ2n) is 8.95. The van der Waals surface area contributed by atoms with Crippen molar-refractivity contribution in [2.45, 2.75) is 39.8 Å². The van der Waals surface area contributed by atoms with E-state index >= 15 is 0 Å². The van der Waals surface area contributed by atoms with E-state index in [9.17, 15) is 19.5 Å². The molecule has 1 aliphatic rings. The average molecular weight is 485 g/mol. The zero-order valence-electron chi connectivity index (χ0n) is 20.6. The minimum atomic E-state index is -0.829. The van der Waals surface area contributed by atoms with Gasteiger partial charge in [0.2, 0.25) is 5.91 Å². The predicted octanol–water partition coefficient (Wildman–Crippen LogP) is 5.37. The summed E-state index contributed by atoms with van der Waals surface area (Å²) in [4.78, 5) is 39.3. The van der Waals surface area contributed by atoms with Gasteiger partial charge >= 0.3 is 0 Å². The molecule has 3 aromatic rings. The van der Waals surface area contributed by atoms with Crippen LogP contribution < -0.4 is 15.0 Å². The summed E-state index contributed by atoms with van der Waals surface area (Å²) in [6, 6.07) is 20.1. The van der Waals surface area contributed by atoms with Crippen LogP contribution in [0.2, 0.25) is 0 Å². The van der Waals surface area contributed by atoms with Crippen LogP contribution in [-0.4, -0.2) is 28.8 Å². The van der Waals surface area contributed by atoms with Crippen molar-refractivity contribution in [2.24, 2.45) is 0 Å². The topological polar surface area (TPSA) is 95.9 Å². The second kappa shape index (κ2) is 10.1.